The molecule has 1 aromatic heterocycles. The zero-order chi connectivity index (χ0) is 9.35. The van der Waals surface area contributed by atoms with Crippen LogP contribution in [0.15, 0.2) is 23.1 Å². The van der Waals surface area contributed by atoms with Crippen LogP contribution in [0.4, 0.5) is 4.39 Å². The Bertz CT molecular complexity index is 335. The normalized spacial score (nSPS) is 11.7. The molecule has 0 aliphatic rings. The van der Waals surface area contributed by atoms with Crippen LogP contribution in [0.1, 0.15) is 20.8 Å². The van der Waals surface area contributed by atoms with Crippen molar-refractivity contribution in [2.24, 2.45) is 0 Å². The Balaban J connectivity index is 3.29. The number of halogens is 1. The quantitative estimate of drug-likeness (QED) is 0.579. The zero-order valence-electron chi connectivity index (χ0n) is 7.47. The summed E-state index contributed by atoms with van der Waals surface area (Å²) in [5, 5.41) is 0. The first-order valence-electron chi connectivity index (χ1n) is 3.80. The topological polar surface area (TPSA) is 22.0 Å². The van der Waals surface area contributed by atoms with E-state index in [9.17, 15) is 9.18 Å². The van der Waals surface area contributed by atoms with Crippen molar-refractivity contribution in [3.63, 3.8) is 0 Å². The SMILES string of the molecule is CC(C)(C)n1ccc(F)cc1=O. The maximum Gasteiger partial charge on any atom is 0.253 e. The van der Waals surface area contributed by atoms with Crippen molar-refractivity contribution in [1.29, 1.82) is 0 Å². The molecule has 66 valence electrons. The van der Waals surface area contributed by atoms with Crippen LogP contribution in [0.25, 0.3) is 0 Å². The van der Waals surface area contributed by atoms with Crippen molar-refractivity contribution >= 4 is 0 Å². The molecule has 0 aliphatic heterocycles. The van der Waals surface area contributed by atoms with Gasteiger partial charge in [-0.15, -0.1) is 0 Å². The second-order valence-electron chi connectivity index (χ2n) is 3.72. The van der Waals surface area contributed by atoms with E-state index < -0.39 is 5.82 Å². The standard InChI is InChI=1S/C9H12FNO/c1-9(2,3)11-5-4-7(10)6-8(11)12/h4-6H,1-3H3. The highest BCUT2D eigenvalue weighted by Crippen LogP contribution is 2.09. The van der Waals surface area contributed by atoms with Gasteiger partial charge in [0.25, 0.3) is 5.56 Å². The predicted molar refractivity (Wildman–Crippen MR) is 45.7 cm³/mol. The van der Waals surface area contributed by atoms with Gasteiger partial charge in [0.1, 0.15) is 5.82 Å². The van der Waals surface area contributed by atoms with Crippen LogP contribution in [-0.2, 0) is 5.54 Å². The molecule has 0 saturated carbocycles. The van der Waals surface area contributed by atoms with Crippen LogP contribution in [-0.4, -0.2) is 4.57 Å². The zero-order valence-corrected chi connectivity index (χ0v) is 7.47. The fraction of sp³-hybridized carbons (Fsp3) is 0.444. The largest absolute Gasteiger partial charge is 0.310 e. The Morgan fingerprint density at radius 2 is 2.00 bits per heavy atom. The molecule has 0 bridgehead atoms. The van der Waals surface area contributed by atoms with Gasteiger partial charge in [0.2, 0.25) is 0 Å². The van der Waals surface area contributed by atoms with Gasteiger partial charge in [-0.1, -0.05) is 0 Å². The summed E-state index contributed by atoms with van der Waals surface area (Å²) in [6.45, 7) is 5.69. The molecular weight excluding hydrogens is 157 g/mol. The molecule has 0 radical (unpaired) electrons. The maximum absolute atomic E-state index is 12.5. The molecule has 3 heteroatoms. The first kappa shape index (κ1) is 8.97. The summed E-state index contributed by atoms with van der Waals surface area (Å²) < 4.78 is 14.0. The van der Waals surface area contributed by atoms with Crippen molar-refractivity contribution < 1.29 is 4.39 Å². The van der Waals surface area contributed by atoms with E-state index in [0.717, 1.165) is 6.07 Å². The van der Waals surface area contributed by atoms with Gasteiger partial charge in [-0.2, -0.15) is 0 Å². The third kappa shape index (κ3) is 1.72. The lowest BCUT2D eigenvalue weighted by Gasteiger charge is -2.21. The van der Waals surface area contributed by atoms with E-state index in [1.807, 2.05) is 20.8 Å². The van der Waals surface area contributed by atoms with Gasteiger partial charge in [0, 0.05) is 17.8 Å². The fourth-order valence-electron chi connectivity index (χ4n) is 1.01. The molecule has 0 fully saturated rings. The third-order valence-electron chi connectivity index (χ3n) is 1.60. The van der Waals surface area contributed by atoms with Gasteiger partial charge in [-0.3, -0.25) is 4.79 Å². The van der Waals surface area contributed by atoms with Crippen LogP contribution in [0.2, 0.25) is 0 Å². The van der Waals surface area contributed by atoms with Gasteiger partial charge < -0.3 is 4.57 Å². The van der Waals surface area contributed by atoms with E-state index in [4.69, 9.17) is 0 Å². The summed E-state index contributed by atoms with van der Waals surface area (Å²) in [6, 6.07) is 2.28. The third-order valence-corrected chi connectivity index (χ3v) is 1.60. The van der Waals surface area contributed by atoms with E-state index in [0.29, 0.717) is 0 Å². The monoisotopic (exact) mass is 169 g/mol. The minimum absolute atomic E-state index is 0.287. The van der Waals surface area contributed by atoms with Crippen LogP contribution in [0.5, 0.6) is 0 Å². The van der Waals surface area contributed by atoms with Crippen molar-refractivity contribution in [2.75, 3.05) is 0 Å². The van der Waals surface area contributed by atoms with Crippen LogP contribution in [0.3, 0.4) is 0 Å². The molecule has 1 aromatic rings. The molecule has 2 nitrogen and oxygen atoms in total. The highest BCUT2D eigenvalue weighted by Gasteiger charge is 2.13. The molecule has 0 aliphatic carbocycles. The van der Waals surface area contributed by atoms with Crippen LogP contribution >= 0.6 is 0 Å². The first-order valence-corrected chi connectivity index (χ1v) is 3.80. The number of hydrogen-bond donors (Lipinski definition) is 0. The lowest BCUT2D eigenvalue weighted by molar-refractivity contribution is 0.381. The minimum Gasteiger partial charge on any atom is -0.310 e. The Kier molecular flexibility index (Phi) is 2.04. The van der Waals surface area contributed by atoms with Gasteiger partial charge in [0.15, 0.2) is 0 Å². The number of pyridine rings is 1. The molecule has 12 heavy (non-hydrogen) atoms. The van der Waals surface area contributed by atoms with Crippen molar-refractivity contribution in [2.45, 2.75) is 26.3 Å². The van der Waals surface area contributed by atoms with Gasteiger partial charge in [0.05, 0.1) is 0 Å². The molecule has 0 N–H and O–H groups in total. The van der Waals surface area contributed by atoms with E-state index in [1.165, 1.54) is 16.8 Å². The van der Waals surface area contributed by atoms with E-state index in [2.05, 4.69) is 0 Å². The van der Waals surface area contributed by atoms with Crippen LogP contribution in [0, 0.1) is 5.82 Å². The van der Waals surface area contributed by atoms with Gasteiger partial charge >= 0.3 is 0 Å². The lowest BCUT2D eigenvalue weighted by Crippen LogP contribution is -2.32. The second-order valence-corrected chi connectivity index (χ2v) is 3.72. The molecule has 0 amide bonds. The molecule has 0 saturated heterocycles. The Morgan fingerprint density at radius 3 is 2.42 bits per heavy atom. The Labute approximate surface area is 70.6 Å². The number of rotatable bonds is 0. The first-order chi connectivity index (χ1) is 5.41. The predicted octanol–water partition coefficient (Wildman–Crippen LogP) is 1.74. The van der Waals surface area contributed by atoms with Crippen molar-refractivity contribution in [3.8, 4) is 0 Å². The summed E-state index contributed by atoms with van der Waals surface area (Å²) in [4.78, 5) is 11.2. The number of nitrogens with zero attached hydrogens (tertiary/aromatic N) is 1. The molecule has 0 spiro atoms. The molecule has 1 heterocycles. The van der Waals surface area contributed by atoms with Crippen molar-refractivity contribution in [3.05, 3.63) is 34.5 Å². The highest BCUT2D eigenvalue weighted by atomic mass is 19.1. The lowest BCUT2D eigenvalue weighted by atomic mass is 10.1. The minimum atomic E-state index is -0.486. The molecule has 0 aromatic carbocycles. The molecule has 0 atom stereocenters. The Hall–Kier alpha value is -1.12. The van der Waals surface area contributed by atoms with Crippen LogP contribution < -0.4 is 5.56 Å². The van der Waals surface area contributed by atoms with E-state index >= 15 is 0 Å². The average Bonchev–Trinajstić information content (AvgIpc) is 1.83. The summed E-state index contributed by atoms with van der Waals surface area (Å²) in [5.74, 6) is -0.486. The summed E-state index contributed by atoms with van der Waals surface area (Å²) >= 11 is 0. The molecule has 1 rings (SSSR count). The van der Waals surface area contributed by atoms with Gasteiger partial charge in [-0.25, -0.2) is 4.39 Å². The highest BCUT2D eigenvalue weighted by molar-refractivity contribution is 4.99. The maximum atomic E-state index is 12.5. The fourth-order valence-corrected chi connectivity index (χ4v) is 1.01. The van der Waals surface area contributed by atoms with Gasteiger partial charge in [-0.05, 0) is 26.8 Å². The average molecular weight is 169 g/mol. The summed E-state index contributed by atoms with van der Waals surface area (Å²) in [6.07, 6.45) is 1.47. The van der Waals surface area contributed by atoms with Crippen molar-refractivity contribution in [1.82, 2.24) is 4.57 Å². The van der Waals surface area contributed by atoms with E-state index in [1.54, 1.807) is 0 Å². The Morgan fingerprint density at radius 1 is 1.42 bits per heavy atom. The number of hydrogen-bond acceptors (Lipinski definition) is 1. The smallest absolute Gasteiger partial charge is 0.253 e. The second kappa shape index (κ2) is 2.73. The summed E-state index contributed by atoms with van der Waals surface area (Å²) in [5.41, 5.74) is -0.590. The van der Waals surface area contributed by atoms with E-state index in [-0.39, 0.29) is 11.1 Å². The number of aromatic nitrogens is 1. The molecular formula is C9H12FNO. The summed E-state index contributed by atoms with van der Waals surface area (Å²) in [7, 11) is 0. The molecule has 0 unspecified atom stereocenters.